The summed E-state index contributed by atoms with van der Waals surface area (Å²) in [6.07, 6.45) is 1.48. The highest BCUT2D eigenvalue weighted by atomic mass is 79.9. The number of ether oxygens (including phenoxy) is 1. The molecule has 0 saturated carbocycles. The lowest BCUT2D eigenvalue weighted by Crippen LogP contribution is -2.13. The number of hydrogen-bond donors (Lipinski definition) is 1. The minimum absolute atomic E-state index is 0.0855. The molecule has 3 aromatic rings. The lowest BCUT2D eigenvalue weighted by atomic mass is 10.1. The summed E-state index contributed by atoms with van der Waals surface area (Å²) in [4.78, 5) is 12.6. The number of nitrogens with one attached hydrogen (secondary N) is 1. The molecule has 0 heterocycles. The number of nitriles is 1. The molecule has 1 N–H and O–H groups in total. The van der Waals surface area contributed by atoms with Crippen molar-refractivity contribution in [2.24, 2.45) is 0 Å². The molecule has 31 heavy (non-hydrogen) atoms. The van der Waals surface area contributed by atoms with Crippen LogP contribution in [-0.4, -0.2) is 5.91 Å². The summed E-state index contributed by atoms with van der Waals surface area (Å²) in [6, 6.07) is 19.8. The van der Waals surface area contributed by atoms with Crippen LogP contribution in [0.2, 0.25) is 10.0 Å². The summed E-state index contributed by atoms with van der Waals surface area (Å²) in [5.41, 5.74) is 1.92. The second kappa shape index (κ2) is 10.8. The fourth-order valence-electron chi connectivity index (χ4n) is 2.58. The van der Waals surface area contributed by atoms with Gasteiger partial charge in [0.15, 0.2) is 0 Å². The van der Waals surface area contributed by atoms with Gasteiger partial charge in [0.05, 0.1) is 10.0 Å². The van der Waals surface area contributed by atoms with E-state index in [0.29, 0.717) is 33.7 Å². The van der Waals surface area contributed by atoms with Gasteiger partial charge in [-0.05, 0) is 60.2 Å². The minimum atomic E-state index is -0.570. The Kier molecular flexibility index (Phi) is 8.16. The second-order valence-electron chi connectivity index (χ2n) is 6.35. The van der Waals surface area contributed by atoms with E-state index >= 15 is 0 Å². The molecule has 4 nitrogen and oxygen atoms in total. The number of carbonyl (C=O) groups excluding carboxylic acids is 1. The Bertz CT molecular complexity index is 1190. The van der Waals surface area contributed by atoms with E-state index in [1.54, 1.807) is 24.3 Å². The summed E-state index contributed by atoms with van der Waals surface area (Å²) in [7, 11) is 0. The van der Waals surface area contributed by atoms with Gasteiger partial charge >= 0.3 is 0 Å². The van der Waals surface area contributed by atoms with Crippen molar-refractivity contribution in [2.45, 2.75) is 6.61 Å². The molecule has 0 radical (unpaired) electrons. The molecule has 0 aliphatic rings. The van der Waals surface area contributed by atoms with Gasteiger partial charge in [-0.3, -0.25) is 4.79 Å². The molecule has 156 valence electrons. The van der Waals surface area contributed by atoms with Crippen molar-refractivity contribution >= 4 is 72.7 Å². The van der Waals surface area contributed by atoms with Crippen LogP contribution in [0.5, 0.6) is 5.75 Å². The maximum Gasteiger partial charge on any atom is 0.266 e. The van der Waals surface area contributed by atoms with Crippen LogP contribution in [0.25, 0.3) is 6.08 Å². The number of carbonyl (C=O) groups is 1. The van der Waals surface area contributed by atoms with Gasteiger partial charge in [-0.2, -0.15) is 5.26 Å². The van der Waals surface area contributed by atoms with E-state index in [-0.39, 0.29) is 5.57 Å². The summed E-state index contributed by atoms with van der Waals surface area (Å²) < 4.78 is 7.71. The first-order valence-corrected chi connectivity index (χ1v) is 11.2. The van der Waals surface area contributed by atoms with Crippen molar-refractivity contribution in [3.63, 3.8) is 0 Å². The molecule has 0 aliphatic heterocycles. The Labute approximate surface area is 206 Å². The van der Waals surface area contributed by atoms with E-state index in [0.717, 1.165) is 14.5 Å². The Morgan fingerprint density at radius 3 is 2.39 bits per heavy atom. The summed E-state index contributed by atoms with van der Waals surface area (Å²) in [6.45, 7) is 0.340. The maximum absolute atomic E-state index is 12.6. The monoisotopic (exact) mass is 578 g/mol. The normalized spacial score (nSPS) is 11.0. The Morgan fingerprint density at radius 2 is 1.71 bits per heavy atom. The van der Waals surface area contributed by atoms with Crippen molar-refractivity contribution in [1.82, 2.24) is 0 Å². The number of rotatable bonds is 6. The van der Waals surface area contributed by atoms with Gasteiger partial charge in [0, 0.05) is 20.2 Å². The smallest absolute Gasteiger partial charge is 0.266 e. The number of nitrogens with zero attached hydrogens (tertiary/aromatic N) is 1. The van der Waals surface area contributed by atoms with Crippen LogP contribution in [0.15, 0.2) is 75.2 Å². The predicted octanol–water partition coefficient (Wildman–Crippen LogP) is 7.64. The number of halogens is 4. The van der Waals surface area contributed by atoms with Crippen LogP contribution in [-0.2, 0) is 11.4 Å². The van der Waals surface area contributed by atoms with E-state index in [4.69, 9.17) is 27.9 Å². The van der Waals surface area contributed by atoms with E-state index in [9.17, 15) is 10.1 Å². The highest BCUT2D eigenvalue weighted by Crippen LogP contribution is 2.28. The van der Waals surface area contributed by atoms with E-state index in [1.165, 1.54) is 12.1 Å². The summed E-state index contributed by atoms with van der Waals surface area (Å²) in [5.74, 6) is -0.0269. The largest absolute Gasteiger partial charge is 0.488 e. The standard InChI is InChI=1S/C23H14Br2Cl2N2O2/c24-17-3-1-14(2-4-17)13-31-22-8-5-18(25)10-15(22)9-16(12-28)23(30)29-19-6-7-20(26)21(27)11-19/h1-11H,13H2,(H,29,30)/b16-9+. The molecule has 0 aromatic heterocycles. The first-order valence-electron chi connectivity index (χ1n) is 8.90. The molecule has 0 atom stereocenters. The molecule has 0 bridgehead atoms. The van der Waals surface area contributed by atoms with Crippen LogP contribution in [0.3, 0.4) is 0 Å². The van der Waals surface area contributed by atoms with Gasteiger partial charge in [0.2, 0.25) is 0 Å². The molecule has 3 rings (SSSR count). The minimum Gasteiger partial charge on any atom is -0.488 e. The summed E-state index contributed by atoms with van der Waals surface area (Å²) >= 11 is 18.7. The van der Waals surface area contributed by atoms with Crippen molar-refractivity contribution in [3.8, 4) is 11.8 Å². The molecule has 0 aliphatic carbocycles. The Hall–Kier alpha value is -2.30. The average Bonchev–Trinajstić information content (AvgIpc) is 2.75. The van der Waals surface area contributed by atoms with E-state index < -0.39 is 5.91 Å². The highest BCUT2D eigenvalue weighted by Gasteiger charge is 2.13. The van der Waals surface area contributed by atoms with Crippen molar-refractivity contribution < 1.29 is 9.53 Å². The van der Waals surface area contributed by atoms with Crippen molar-refractivity contribution in [1.29, 1.82) is 5.26 Å². The molecule has 3 aromatic carbocycles. The SMILES string of the molecule is N#C/C(=C\c1cc(Br)ccc1OCc1ccc(Br)cc1)C(=O)Nc1ccc(Cl)c(Cl)c1. The number of hydrogen-bond acceptors (Lipinski definition) is 3. The fourth-order valence-corrected chi connectivity index (χ4v) is 3.52. The molecule has 1 amide bonds. The lowest BCUT2D eigenvalue weighted by molar-refractivity contribution is -0.112. The highest BCUT2D eigenvalue weighted by molar-refractivity contribution is 9.10. The fraction of sp³-hybridized carbons (Fsp3) is 0.0435. The quantitative estimate of drug-likeness (QED) is 0.241. The predicted molar refractivity (Wildman–Crippen MR) is 131 cm³/mol. The van der Waals surface area contributed by atoms with Crippen LogP contribution in [0.4, 0.5) is 5.69 Å². The van der Waals surface area contributed by atoms with Crippen molar-refractivity contribution in [2.75, 3.05) is 5.32 Å². The van der Waals surface area contributed by atoms with Gasteiger partial charge in [0.1, 0.15) is 24.0 Å². The molecule has 0 saturated heterocycles. The third-order valence-corrected chi connectivity index (χ3v) is 5.88. The molecular weight excluding hydrogens is 567 g/mol. The van der Waals surface area contributed by atoms with Crippen LogP contribution < -0.4 is 10.1 Å². The Balaban J connectivity index is 1.82. The third kappa shape index (κ3) is 6.59. The van der Waals surface area contributed by atoms with Gasteiger partial charge in [-0.25, -0.2) is 0 Å². The maximum atomic E-state index is 12.6. The van der Waals surface area contributed by atoms with Gasteiger partial charge < -0.3 is 10.1 Å². The molecule has 8 heteroatoms. The van der Waals surface area contributed by atoms with Gasteiger partial charge in [-0.1, -0.05) is 67.2 Å². The first-order chi connectivity index (χ1) is 14.9. The lowest BCUT2D eigenvalue weighted by Gasteiger charge is -2.11. The van der Waals surface area contributed by atoms with E-state index in [2.05, 4.69) is 37.2 Å². The summed E-state index contributed by atoms with van der Waals surface area (Å²) in [5, 5.41) is 12.9. The molecule has 0 unspecified atom stereocenters. The van der Waals surface area contributed by atoms with Crippen LogP contribution >= 0.6 is 55.1 Å². The zero-order valence-corrected chi connectivity index (χ0v) is 20.5. The van der Waals surface area contributed by atoms with Gasteiger partial charge in [-0.15, -0.1) is 0 Å². The number of anilines is 1. The van der Waals surface area contributed by atoms with Crippen LogP contribution in [0, 0.1) is 11.3 Å². The van der Waals surface area contributed by atoms with Gasteiger partial charge in [0.25, 0.3) is 5.91 Å². The number of benzene rings is 3. The topological polar surface area (TPSA) is 62.1 Å². The molecule has 0 fully saturated rings. The zero-order chi connectivity index (χ0) is 22.4. The second-order valence-corrected chi connectivity index (χ2v) is 9.00. The average molecular weight is 581 g/mol. The Morgan fingerprint density at radius 1 is 1.00 bits per heavy atom. The first kappa shape index (κ1) is 23.4. The number of amides is 1. The third-order valence-electron chi connectivity index (χ3n) is 4.12. The molecular formula is C23H14Br2Cl2N2O2. The van der Waals surface area contributed by atoms with E-state index in [1.807, 2.05) is 36.4 Å². The van der Waals surface area contributed by atoms with Crippen molar-refractivity contribution in [3.05, 3.63) is 96.4 Å². The zero-order valence-electron chi connectivity index (χ0n) is 15.8. The molecule has 0 spiro atoms. The van der Waals surface area contributed by atoms with Crippen LogP contribution in [0.1, 0.15) is 11.1 Å².